The first-order valence-electron chi connectivity index (χ1n) is 16.3. The molecule has 2 aliphatic heterocycles. The van der Waals surface area contributed by atoms with Crippen LogP contribution in [0.5, 0.6) is 0 Å². The molecule has 46 heavy (non-hydrogen) atoms. The second kappa shape index (κ2) is 16.7. The van der Waals surface area contributed by atoms with Gasteiger partial charge in [-0.05, 0) is 67.6 Å². The smallest absolute Gasteiger partial charge is 0.224 e. The average Bonchev–Trinajstić information content (AvgIpc) is 3.52. The third-order valence-electron chi connectivity index (χ3n) is 8.75. The quantitative estimate of drug-likeness (QED) is 0.119. The summed E-state index contributed by atoms with van der Waals surface area (Å²) >= 11 is 0. The number of nitrogens with one attached hydrogen (secondary N) is 2. The Morgan fingerprint density at radius 2 is 1.63 bits per heavy atom. The number of nitrogen functional groups attached to an aromatic ring is 1. The zero-order valence-corrected chi connectivity index (χ0v) is 26.3. The molecule has 2 aliphatic rings. The molecule has 3 aromatic carbocycles. The third-order valence-corrected chi connectivity index (χ3v) is 8.75. The molecule has 0 aliphatic carbocycles. The molecule has 0 radical (unpaired) electrons. The average molecular weight is 631 g/mol. The first-order valence-corrected chi connectivity index (χ1v) is 16.3. The number of rotatable bonds is 14. The molecule has 10 nitrogen and oxygen atoms in total. The van der Waals surface area contributed by atoms with Gasteiger partial charge in [0.2, 0.25) is 11.8 Å². The second-order valence-electron chi connectivity index (χ2n) is 12.2. The van der Waals surface area contributed by atoms with Crippen LogP contribution < -0.4 is 16.4 Å². The van der Waals surface area contributed by atoms with Crippen LogP contribution in [0.4, 0.5) is 17.1 Å². The van der Waals surface area contributed by atoms with Gasteiger partial charge in [-0.25, -0.2) is 0 Å². The van der Waals surface area contributed by atoms with E-state index in [0.717, 1.165) is 42.5 Å². The molecule has 0 spiro atoms. The van der Waals surface area contributed by atoms with Gasteiger partial charge in [0.15, 0.2) is 6.29 Å². The highest BCUT2D eigenvalue weighted by atomic mass is 16.7. The van der Waals surface area contributed by atoms with Crippen LogP contribution in [0.15, 0.2) is 72.8 Å². The number of ether oxygens (including phenoxy) is 2. The van der Waals surface area contributed by atoms with Gasteiger partial charge < -0.3 is 36.1 Å². The molecular weight excluding hydrogens is 584 g/mol. The minimum Gasteiger partial charge on any atom is -0.397 e. The first-order chi connectivity index (χ1) is 22.4. The van der Waals surface area contributed by atoms with Crippen molar-refractivity contribution in [2.45, 2.75) is 82.5 Å². The van der Waals surface area contributed by atoms with Crippen LogP contribution >= 0.6 is 0 Å². The van der Waals surface area contributed by atoms with Gasteiger partial charge in [0.1, 0.15) is 0 Å². The van der Waals surface area contributed by atoms with E-state index in [4.69, 9.17) is 15.2 Å². The van der Waals surface area contributed by atoms with Crippen LogP contribution in [-0.2, 0) is 25.7 Å². The highest BCUT2D eigenvalue weighted by Crippen LogP contribution is 2.39. The topological polar surface area (TPSA) is 146 Å². The van der Waals surface area contributed by atoms with Crippen molar-refractivity contribution >= 4 is 28.9 Å². The molecule has 0 bridgehead atoms. The SMILES string of the molecule is Nc1ccccc1NC(=O)CCCCCC(=O)Nc1cccc(C2OC(CN3CCCC3CO)CC(c3ccc(CO)cc3)O2)c1. The second-order valence-corrected chi connectivity index (χ2v) is 12.2. The number of hydrogen-bond donors (Lipinski definition) is 5. The number of carbonyl (C=O) groups excluding carboxylic acids is 2. The van der Waals surface area contributed by atoms with Gasteiger partial charge >= 0.3 is 0 Å². The van der Waals surface area contributed by atoms with Gasteiger partial charge in [0.25, 0.3) is 0 Å². The van der Waals surface area contributed by atoms with Gasteiger partial charge in [-0.15, -0.1) is 0 Å². The van der Waals surface area contributed by atoms with Crippen LogP contribution in [0.1, 0.15) is 80.5 Å². The number of nitrogens with zero attached hydrogens (tertiary/aromatic N) is 1. The number of amides is 2. The molecule has 0 saturated carbocycles. The van der Waals surface area contributed by atoms with Crippen LogP contribution in [0.3, 0.4) is 0 Å². The van der Waals surface area contributed by atoms with Crippen LogP contribution in [0.2, 0.25) is 0 Å². The number of para-hydroxylation sites is 2. The zero-order valence-electron chi connectivity index (χ0n) is 26.3. The van der Waals surface area contributed by atoms with E-state index < -0.39 is 6.29 Å². The predicted octanol–water partition coefficient (Wildman–Crippen LogP) is 5.29. The standard InChI is InChI=1S/C36H46N4O6/c37-31-11-4-5-12-32(31)39-35(44)14-3-1-2-13-34(43)38-28-9-6-8-27(20-28)36-45-30(22-40-19-7-10-29(40)24-42)21-33(46-36)26-17-15-25(23-41)16-18-26/h4-6,8-9,11-12,15-18,20,29-30,33,36,41-42H,1-3,7,10,13-14,19,21-24,37H2,(H,38,43)(H,39,44). The molecule has 3 aromatic rings. The van der Waals surface area contributed by atoms with E-state index >= 15 is 0 Å². The summed E-state index contributed by atoms with van der Waals surface area (Å²) in [7, 11) is 0. The molecule has 2 amide bonds. The molecule has 2 saturated heterocycles. The summed E-state index contributed by atoms with van der Waals surface area (Å²) < 4.78 is 13.0. The highest BCUT2D eigenvalue weighted by molar-refractivity contribution is 5.93. The van der Waals surface area contributed by atoms with Crippen LogP contribution in [-0.4, -0.2) is 58.8 Å². The predicted molar refractivity (Wildman–Crippen MR) is 178 cm³/mol. The van der Waals surface area contributed by atoms with Gasteiger partial charge in [0, 0.05) is 43.1 Å². The van der Waals surface area contributed by atoms with E-state index in [1.807, 2.05) is 60.7 Å². The summed E-state index contributed by atoms with van der Waals surface area (Å²) in [6, 6.07) is 22.7. The Morgan fingerprint density at radius 1 is 0.870 bits per heavy atom. The van der Waals surface area contributed by atoms with Crippen LogP contribution in [0, 0.1) is 0 Å². The number of nitrogens with two attached hydrogens (primary N) is 1. The van der Waals surface area contributed by atoms with Crippen molar-refractivity contribution in [2.24, 2.45) is 0 Å². The third kappa shape index (κ3) is 9.37. The normalized spacial score (nSPS) is 21.6. The lowest BCUT2D eigenvalue weighted by Gasteiger charge is -2.38. The van der Waals surface area contributed by atoms with E-state index in [9.17, 15) is 19.8 Å². The number of aliphatic hydroxyl groups is 2. The molecule has 5 rings (SSSR count). The maximum absolute atomic E-state index is 12.8. The summed E-state index contributed by atoms with van der Waals surface area (Å²) in [6.07, 6.45) is 4.58. The number of unbranched alkanes of at least 4 members (excludes halogenated alkanes) is 2. The van der Waals surface area contributed by atoms with Crippen molar-refractivity contribution in [3.63, 3.8) is 0 Å². The van der Waals surface area contributed by atoms with E-state index in [1.54, 1.807) is 12.1 Å². The monoisotopic (exact) mass is 630 g/mol. The fourth-order valence-electron chi connectivity index (χ4n) is 6.19. The molecule has 2 fully saturated rings. The summed E-state index contributed by atoms with van der Waals surface area (Å²) in [5.41, 5.74) is 10.4. The molecule has 4 unspecified atom stereocenters. The fourth-order valence-corrected chi connectivity index (χ4v) is 6.19. The van der Waals surface area contributed by atoms with Crippen molar-refractivity contribution in [3.05, 3.63) is 89.5 Å². The largest absolute Gasteiger partial charge is 0.397 e. The lowest BCUT2D eigenvalue weighted by atomic mass is 9.99. The Labute approximate surface area is 270 Å². The molecular formula is C36H46N4O6. The van der Waals surface area contributed by atoms with Crippen molar-refractivity contribution < 1.29 is 29.3 Å². The highest BCUT2D eigenvalue weighted by Gasteiger charge is 2.35. The molecule has 0 aromatic heterocycles. The summed E-state index contributed by atoms with van der Waals surface area (Å²) in [5.74, 6) is -0.181. The van der Waals surface area contributed by atoms with E-state index in [-0.39, 0.29) is 43.3 Å². The first kappa shape index (κ1) is 33.6. The molecule has 6 N–H and O–H groups in total. The maximum atomic E-state index is 12.8. The Hall–Kier alpha value is -3.80. The molecule has 2 heterocycles. The number of aliphatic hydroxyl groups excluding tert-OH is 2. The maximum Gasteiger partial charge on any atom is 0.224 e. The summed E-state index contributed by atoms with van der Waals surface area (Å²) in [5, 5.41) is 25.2. The van der Waals surface area contributed by atoms with Crippen LogP contribution in [0.25, 0.3) is 0 Å². The van der Waals surface area contributed by atoms with E-state index in [2.05, 4.69) is 15.5 Å². The number of carbonyl (C=O) groups is 2. The fraction of sp³-hybridized carbons (Fsp3) is 0.444. The minimum atomic E-state index is -0.634. The van der Waals surface area contributed by atoms with Crippen molar-refractivity contribution in [1.82, 2.24) is 4.90 Å². The van der Waals surface area contributed by atoms with Gasteiger partial charge in [-0.3, -0.25) is 14.5 Å². The number of hydrogen-bond acceptors (Lipinski definition) is 8. The Bertz CT molecular complexity index is 1430. The number of benzene rings is 3. The van der Waals surface area contributed by atoms with Crippen molar-refractivity contribution in [2.75, 3.05) is 36.1 Å². The van der Waals surface area contributed by atoms with Gasteiger partial charge in [0.05, 0.1) is 36.8 Å². The zero-order chi connectivity index (χ0) is 32.3. The van der Waals surface area contributed by atoms with Crippen molar-refractivity contribution in [3.8, 4) is 0 Å². The van der Waals surface area contributed by atoms with Gasteiger partial charge in [-0.1, -0.05) is 55.0 Å². The van der Waals surface area contributed by atoms with E-state index in [1.165, 1.54) is 0 Å². The minimum absolute atomic E-state index is 0.0158. The lowest BCUT2D eigenvalue weighted by molar-refractivity contribution is -0.253. The molecule has 246 valence electrons. The number of anilines is 3. The Morgan fingerprint density at radius 3 is 2.37 bits per heavy atom. The Balaban J connectivity index is 1.14. The number of likely N-dealkylation sites (tertiary alicyclic amines) is 1. The molecule has 10 heteroatoms. The Kier molecular flexibility index (Phi) is 12.2. The summed E-state index contributed by atoms with van der Waals surface area (Å²) in [6.45, 7) is 1.76. The van der Waals surface area contributed by atoms with E-state index in [0.29, 0.717) is 55.7 Å². The lowest BCUT2D eigenvalue weighted by Crippen LogP contribution is -2.42. The summed E-state index contributed by atoms with van der Waals surface area (Å²) in [4.78, 5) is 27.3. The molecule has 4 atom stereocenters. The van der Waals surface area contributed by atoms with Crippen molar-refractivity contribution in [1.29, 1.82) is 0 Å². The van der Waals surface area contributed by atoms with Gasteiger partial charge in [-0.2, -0.15) is 0 Å².